The number of halogens is 1. The first-order valence-electron chi connectivity index (χ1n) is 4.96. The van der Waals surface area contributed by atoms with Crippen molar-refractivity contribution in [2.24, 2.45) is 0 Å². The van der Waals surface area contributed by atoms with Gasteiger partial charge in [-0.3, -0.25) is 4.79 Å². The summed E-state index contributed by atoms with van der Waals surface area (Å²) in [7, 11) is 1.52. The van der Waals surface area contributed by atoms with E-state index in [1.54, 1.807) is 12.3 Å². The summed E-state index contributed by atoms with van der Waals surface area (Å²) in [5.74, 6) is 1.24. The molecule has 2 aromatic rings. The number of aryl methyl sites for hydroxylation is 1. The van der Waals surface area contributed by atoms with Crippen molar-refractivity contribution >= 4 is 15.9 Å². The predicted octanol–water partition coefficient (Wildman–Crippen LogP) is 1.96. The summed E-state index contributed by atoms with van der Waals surface area (Å²) in [6, 6.07) is 3.22. The van der Waals surface area contributed by atoms with Crippen molar-refractivity contribution in [2.75, 3.05) is 7.11 Å². The van der Waals surface area contributed by atoms with Gasteiger partial charge in [0.1, 0.15) is 17.2 Å². The molecule has 2 heterocycles. The number of hydrogen-bond donors (Lipinski definition) is 0. The third-order valence-corrected chi connectivity index (χ3v) is 2.87. The number of pyridine rings is 1. The van der Waals surface area contributed by atoms with Crippen LogP contribution in [0.2, 0.25) is 0 Å². The molecule has 5 nitrogen and oxygen atoms in total. The van der Waals surface area contributed by atoms with Crippen molar-refractivity contribution in [3.8, 4) is 5.75 Å². The monoisotopic (exact) mass is 298 g/mol. The van der Waals surface area contributed by atoms with Gasteiger partial charge in [-0.15, -0.1) is 0 Å². The van der Waals surface area contributed by atoms with Gasteiger partial charge in [0.25, 0.3) is 5.56 Å². The summed E-state index contributed by atoms with van der Waals surface area (Å²) in [4.78, 5) is 11.8. The summed E-state index contributed by atoms with van der Waals surface area (Å²) in [6.45, 7) is 2.18. The number of hydrogen-bond acceptors (Lipinski definition) is 4. The third-order valence-electron chi connectivity index (χ3n) is 2.27. The summed E-state index contributed by atoms with van der Waals surface area (Å²) in [5.41, 5.74) is 0.562. The zero-order valence-electron chi connectivity index (χ0n) is 9.44. The molecular weight excluding hydrogens is 288 g/mol. The van der Waals surface area contributed by atoms with Crippen molar-refractivity contribution in [3.05, 3.63) is 44.6 Å². The van der Waals surface area contributed by atoms with Gasteiger partial charge >= 0.3 is 0 Å². The average molecular weight is 299 g/mol. The van der Waals surface area contributed by atoms with Crippen LogP contribution in [0.25, 0.3) is 0 Å². The van der Waals surface area contributed by atoms with Gasteiger partial charge < -0.3 is 13.8 Å². The van der Waals surface area contributed by atoms with Crippen LogP contribution >= 0.6 is 15.9 Å². The second-order valence-electron chi connectivity index (χ2n) is 3.58. The zero-order chi connectivity index (χ0) is 12.4. The Morgan fingerprint density at radius 3 is 2.88 bits per heavy atom. The molecule has 0 radical (unpaired) electrons. The fourth-order valence-electron chi connectivity index (χ4n) is 1.48. The van der Waals surface area contributed by atoms with Crippen LogP contribution in [0.4, 0.5) is 0 Å². The van der Waals surface area contributed by atoms with Crippen LogP contribution in [0.5, 0.6) is 5.75 Å². The molecule has 0 spiro atoms. The number of nitrogens with zero attached hydrogens (tertiary/aromatic N) is 2. The number of ether oxygens (including phenoxy) is 1. The molecule has 0 N–H and O–H groups in total. The minimum Gasteiger partial charge on any atom is -0.495 e. The molecule has 0 atom stereocenters. The van der Waals surface area contributed by atoms with Crippen molar-refractivity contribution in [3.63, 3.8) is 0 Å². The molecule has 0 aromatic carbocycles. The molecular formula is C11H11BrN2O3. The van der Waals surface area contributed by atoms with Gasteiger partial charge in [0.15, 0.2) is 0 Å². The maximum absolute atomic E-state index is 11.8. The molecule has 2 rings (SSSR count). The molecule has 90 valence electrons. The largest absolute Gasteiger partial charge is 0.495 e. The topological polar surface area (TPSA) is 57.3 Å². The molecule has 0 aliphatic rings. The van der Waals surface area contributed by atoms with Gasteiger partial charge in [0.05, 0.1) is 18.1 Å². The highest BCUT2D eigenvalue weighted by atomic mass is 79.9. The van der Waals surface area contributed by atoms with E-state index in [0.29, 0.717) is 18.0 Å². The maximum atomic E-state index is 11.8. The quantitative estimate of drug-likeness (QED) is 0.869. The average Bonchev–Trinajstić information content (AvgIpc) is 2.69. The lowest BCUT2D eigenvalue weighted by Gasteiger charge is -2.07. The van der Waals surface area contributed by atoms with E-state index in [0.717, 1.165) is 10.2 Å². The minimum atomic E-state index is -0.147. The van der Waals surface area contributed by atoms with Gasteiger partial charge in [0, 0.05) is 18.3 Å². The van der Waals surface area contributed by atoms with E-state index in [9.17, 15) is 4.79 Å². The highest BCUT2D eigenvalue weighted by molar-refractivity contribution is 9.10. The van der Waals surface area contributed by atoms with Crippen LogP contribution in [0.1, 0.15) is 11.5 Å². The smallest absolute Gasteiger partial charge is 0.254 e. The normalized spacial score (nSPS) is 10.5. The van der Waals surface area contributed by atoms with Crippen molar-refractivity contribution in [1.29, 1.82) is 0 Å². The SMILES string of the molecule is COc1cc(=O)n(Cc2cc(C)on2)cc1Br. The molecule has 0 amide bonds. The van der Waals surface area contributed by atoms with E-state index in [2.05, 4.69) is 21.1 Å². The first-order valence-corrected chi connectivity index (χ1v) is 5.75. The van der Waals surface area contributed by atoms with E-state index in [-0.39, 0.29) is 5.56 Å². The molecule has 6 heteroatoms. The molecule has 0 unspecified atom stereocenters. The van der Waals surface area contributed by atoms with Gasteiger partial charge in [0.2, 0.25) is 0 Å². The summed E-state index contributed by atoms with van der Waals surface area (Å²) >= 11 is 3.33. The highest BCUT2D eigenvalue weighted by Crippen LogP contribution is 2.21. The van der Waals surface area contributed by atoms with E-state index in [4.69, 9.17) is 9.26 Å². The standard InChI is InChI=1S/C11H11BrN2O3/c1-7-3-8(13-17-7)5-14-6-9(12)10(16-2)4-11(14)15/h3-4,6H,5H2,1-2H3. The summed E-state index contributed by atoms with van der Waals surface area (Å²) in [6.07, 6.45) is 1.67. The fourth-order valence-corrected chi connectivity index (χ4v) is 2.00. The predicted molar refractivity (Wildman–Crippen MR) is 65.3 cm³/mol. The molecule has 17 heavy (non-hydrogen) atoms. The zero-order valence-corrected chi connectivity index (χ0v) is 11.0. The highest BCUT2D eigenvalue weighted by Gasteiger charge is 2.07. The van der Waals surface area contributed by atoms with Gasteiger partial charge in [-0.2, -0.15) is 0 Å². The third kappa shape index (κ3) is 2.58. The second kappa shape index (κ2) is 4.75. The Kier molecular flexibility index (Phi) is 3.33. The van der Waals surface area contributed by atoms with E-state index in [1.165, 1.54) is 17.7 Å². The summed E-state index contributed by atoms with van der Waals surface area (Å²) < 4.78 is 12.2. The van der Waals surface area contributed by atoms with E-state index in [1.807, 2.05) is 6.92 Å². The Balaban J connectivity index is 2.33. The lowest BCUT2D eigenvalue weighted by Crippen LogP contribution is -2.19. The first-order chi connectivity index (χ1) is 8.10. The van der Waals surface area contributed by atoms with Crippen LogP contribution in [0.3, 0.4) is 0 Å². The minimum absolute atomic E-state index is 0.147. The Labute approximate surface area is 106 Å². The molecule has 0 aliphatic carbocycles. The molecule has 0 aliphatic heterocycles. The molecule has 0 saturated heterocycles. The van der Waals surface area contributed by atoms with E-state index < -0.39 is 0 Å². The van der Waals surface area contributed by atoms with Crippen LogP contribution in [-0.2, 0) is 6.54 Å². The molecule has 0 fully saturated rings. The Morgan fingerprint density at radius 2 is 2.29 bits per heavy atom. The summed E-state index contributed by atoms with van der Waals surface area (Å²) in [5, 5.41) is 3.84. The van der Waals surface area contributed by atoms with Crippen molar-refractivity contribution < 1.29 is 9.26 Å². The Morgan fingerprint density at radius 1 is 1.53 bits per heavy atom. The van der Waals surface area contributed by atoms with Crippen molar-refractivity contribution in [2.45, 2.75) is 13.5 Å². The fraction of sp³-hybridized carbons (Fsp3) is 0.273. The van der Waals surface area contributed by atoms with Crippen molar-refractivity contribution in [1.82, 2.24) is 9.72 Å². The lowest BCUT2D eigenvalue weighted by atomic mass is 10.3. The van der Waals surface area contributed by atoms with Gasteiger partial charge in [-0.05, 0) is 22.9 Å². The van der Waals surface area contributed by atoms with Gasteiger partial charge in [-0.1, -0.05) is 5.16 Å². The number of methoxy groups -OCH3 is 1. The van der Waals surface area contributed by atoms with Crippen LogP contribution in [0.15, 0.2) is 32.1 Å². The first kappa shape index (κ1) is 11.9. The second-order valence-corrected chi connectivity index (χ2v) is 4.44. The maximum Gasteiger partial charge on any atom is 0.254 e. The number of aromatic nitrogens is 2. The number of rotatable bonds is 3. The lowest BCUT2D eigenvalue weighted by molar-refractivity contribution is 0.388. The molecule has 0 saturated carbocycles. The van der Waals surface area contributed by atoms with Gasteiger partial charge in [-0.25, -0.2) is 0 Å². The van der Waals surface area contributed by atoms with Crippen LogP contribution in [-0.4, -0.2) is 16.8 Å². The Hall–Kier alpha value is -1.56. The molecule has 2 aromatic heterocycles. The Bertz CT molecular complexity index is 589. The molecule has 0 bridgehead atoms. The van der Waals surface area contributed by atoms with E-state index >= 15 is 0 Å². The van der Waals surface area contributed by atoms with Crippen LogP contribution in [0, 0.1) is 6.92 Å². The van der Waals surface area contributed by atoms with Crippen LogP contribution < -0.4 is 10.3 Å².